The SMILES string of the molecule is COc1cccc(CNc2nc(NCCOCCOCCN)nc(Nc3ccc4ccccc4c3)n2)c1OC. The average molecular weight is 534 g/mol. The summed E-state index contributed by atoms with van der Waals surface area (Å²) in [6.07, 6.45) is 0. The number of methoxy groups -OCH3 is 2. The summed E-state index contributed by atoms with van der Waals surface area (Å²) in [5, 5.41) is 12.1. The lowest BCUT2D eigenvalue weighted by Crippen LogP contribution is -2.17. The molecule has 0 amide bonds. The first-order chi connectivity index (χ1) is 19.2. The maximum atomic E-state index is 5.60. The first kappa shape index (κ1) is 27.8. The van der Waals surface area contributed by atoms with Gasteiger partial charge in [0, 0.05) is 30.9 Å². The highest BCUT2D eigenvalue weighted by molar-refractivity contribution is 5.86. The topological polar surface area (TPSA) is 138 Å². The van der Waals surface area contributed by atoms with Crippen molar-refractivity contribution in [2.45, 2.75) is 6.54 Å². The summed E-state index contributed by atoms with van der Waals surface area (Å²) in [6.45, 7) is 3.42. The molecule has 3 aromatic carbocycles. The van der Waals surface area contributed by atoms with Crippen molar-refractivity contribution in [2.24, 2.45) is 5.73 Å². The van der Waals surface area contributed by atoms with Gasteiger partial charge in [-0.25, -0.2) is 0 Å². The van der Waals surface area contributed by atoms with Gasteiger partial charge >= 0.3 is 0 Å². The number of hydrogen-bond acceptors (Lipinski definition) is 11. The molecule has 5 N–H and O–H groups in total. The Hall–Kier alpha value is -4.19. The van der Waals surface area contributed by atoms with Gasteiger partial charge in [0.2, 0.25) is 17.8 Å². The van der Waals surface area contributed by atoms with E-state index >= 15 is 0 Å². The lowest BCUT2D eigenvalue weighted by molar-refractivity contribution is 0.0547. The van der Waals surface area contributed by atoms with Crippen molar-refractivity contribution >= 4 is 34.3 Å². The van der Waals surface area contributed by atoms with Gasteiger partial charge in [0.1, 0.15) is 0 Å². The molecule has 0 bridgehead atoms. The van der Waals surface area contributed by atoms with E-state index in [1.165, 1.54) is 0 Å². The summed E-state index contributed by atoms with van der Waals surface area (Å²) >= 11 is 0. The fraction of sp³-hybridized carbons (Fsp3) is 0.321. The average Bonchev–Trinajstić information content (AvgIpc) is 2.97. The van der Waals surface area contributed by atoms with Gasteiger partial charge in [-0.2, -0.15) is 15.0 Å². The first-order valence-electron chi connectivity index (χ1n) is 12.7. The number of aromatic nitrogens is 3. The number of nitrogens with one attached hydrogen (secondary N) is 3. The van der Waals surface area contributed by atoms with Gasteiger partial charge < -0.3 is 40.6 Å². The van der Waals surface area contributed by atoms with E-state index < -0.39 is 0 Å². The number of nitrogens with two attached hydrogens (primary N) is 1. The second-order valence-corrected chi connectivity index (χ2v) is 8.44. The lowest BCUT2D eigenvalue weighted by Gasteiger charge is -2.14. The third-order valence-corrected chi connectivity index (χ3v) is 5.73. The summed E-state index contributed by atoms with van der Waals surface area (Å²) in [6, 6.07) is 20.0. The van der Waals surface area contributed by atoms with E-state index in [0.717, 1.165) is 22.0 Å². The molecule has 39 heavy (non-hydrogen) atoms. The van der Waals surface area contributed by atoms with Crippen LogP contribution in [0.25, 0.3) is 10.8 Å². The molecule has 206 valence electrons. The van der Waals surface area contributed by atoms with Gasteiger partial charge in [0.05, 0.1) is 40.6 Å². The van der Waals surface area contributed by atoms with Crippen LogP contribution in [0.1, 0.15) is 5.56 Å². The van der Waals surface area contributed by atoms with Crippen LogP contribution in [-0.4, -0.2) is 68.7 Å². The van der Waals surface area contributed by atoms with E-state index in [4.69, 9.17) is 24.7 Å². The summed E-state index contributed by atoms with van der Waals surface area (Å²) in [5.41, 5.74) is 7.19. The number of rotatable bonds is 16. The van der Waals surface area contributed by atoms with Gasteiger partial charge in [-0.05, 0) is 29.0 Å². The molecule has 0 aliphatic heterocycles. The molecule has 1 aromatic heterocycles. The molecule has 4 aromatic rings. The quantitative estimate of drug-likeness (QED) is 0.156. The minimum atomic E-state index is 0.400. The number of ether oxygens (including phenoxy) is 4. The minimum Gasteiger partial charge on any atom is -0.493 e. The van der Waals surface area contributed by atoms with Crippen molar-refractivity contribution in [3.63, 3.8) is 0 Å². The zero-order valence-electron chi connectivity index (χ0n) is 22.3. The number of nitrogens with zero attached hydrogens (tertiary/aromatic N) is 3. The van der Waals surface area contributed by atoms with Crippen molar-refractivity contribution < 1.29 is 18.9 Å². The zero-order chi connectivity index (χ0) is 27.3. The molecule has 0 saturated carbocycles. The van der Waals surface area contributed by atoms with Crippen LogP contribution in [0.5, 0.6) is 11.5 Å². The standard InChI is InChI=1S/C28H35N7O4/c1-36-24-9-5-8-22(25(24)37-2)19-31-27-33-26(30-13-15-39-17-16-38-14-12-29)34-28(35-27)32-23-11-10-20-6-3-4-7-21(20)18-23/h3-11,18H,12-17,19,29H2,1-2H3,(H3,30,31,32,33,34,35). The van der Waals surface area contributed by atoms with Crippen molar-refractivity contribution in [1.29, 1.82) is 0 Å². The molecule has 0 fully saturated rings. The molecule has 0 atom stereocenters. The number of para-hydroxylation sites is 1. The van der Waals surface area contributed by atoms with Crippen LogP contribution in [0, 0.1) is 0 Å². The highest BCUT2D eigenvalue weighted by atomic mass is 16.5. The highest BCUT2D eigenvalue weighted by Crippen LogP contribution is 2.31. The normalized spacial score (nSPS) is 10.8. The smallest absolute Gasteiger partial charge is 0.233 e. The van der Waals surface area contributed by atoms with Crippen LogP contribution in [0.15, 0.2) is 60.7 Å². The van der Waals surface area contributed by atoms with Gasteiger partial charge in [-0.1, -0.05) is 42.5 Å². The Bertz CT molecular complexity index is 1340. The van der Waals surface area contributed by atoms with Gasteiger partial charge in [-0.15, -0.1) is 0 Å². The minimum absolute atomic E-state index is 0.400. The highest BCUT2D eigenvalue weighted by Gasteiger charge is 2.12. The monoisotopic (exact) mass is 533 g/mol. The summed E-state index contributed by atoms with van der Waals surface area (Å²) in [5.74, 6) is 2.52. The predicted molar refractivity (Wildman–Crippen MR) is 153 cm³/mol. The van der Waals surface area contributed by atoms with E-state index in [-0.39, 0.29) is 0 Å². The fourth-order valence-electron chi connectivity index (χ4n) is 3.89. The predicted octanol–water partition coefficient (Wildman–Crippen LogP) is 3.80. The van der Waals surface area contributed by atoms with Crippen molar-refractivity contribution in [1.82, 2.24) is 15.0 Å². The van der Waals surface area contributed by atoms with E-state index in [1.54, 1.807) is 14.2 Å². The Labute approximate surface area is 228 Å². The maximum absolute atomic E-state index is 5.60. The molecule has 0 saturated heterocycles. The van der Waals surface area contributed by atoms with Crippen LogP contribution in [0.3, 0.4) is 0 Å². The molecular formula is C28H35N7O4. The Balaban J connectivity index is 1.47. The van der Waals surface area contributed by atoms with Crippen LogP contribution in [-0.2, 0) is 16.0 Å². The maximum Gasteiger partial charge on any atom is 0.233 e. The third-order valence-electron chi connectivity index (χ3n) is 5.73. The fourth-order valence-corrected chi connectivity index (χ4v) is 3.89. The van der Waals surface area contributed by atoms with Gasteiger partial charge in [0.15, 0.2) is 11.5 Å². The molecule has 4 rings (SSSR count). The van der Waals surface area contributed by atoms with Crippen LogP contribution < -0.4 is 31.2 Å². The second kappa shape index (κ2) is 14.7. The molecular weight excluding hydrogens is 498 g/mol. The number of anilines is 4. The van der Waals surface area contributed by atoms with Gasteiger partial charge in [-0.3, -0.25) is 0 Å². The summed E-state index contributed by atoms with van der Waals surface area (Å²) in [7, 11) is 3.23. The number of fused-ring (bicyclic) bond motifs is 1. The van der Waals surface area contributed by atoms with Crippen molar-refractivity contribution in [3.8, 4) is 11.5 Å². The Morgan fingerprint density at radius 3 is 2.23 bits per heavy atom. The second-order valence-electron chi connectivity index (χ2n) is 8.44. The molecule has 11 heteroatoms. The molecule has 0 spiro atoms. The summed E-state index contributed by atoms with van der Waals surface area (Å²) < 4.78 is 21.9. The van der Waals surface area contributed by atoms with Crippen LogP contribution in [0.2, 0.25) is 0 Å². The molecule has 0 aliphatic carbocycles. The molecule has 0 unspecified atom stereocenters. The largest absolute Gasteiger partial charge is 0.493 e. The van der Waals surface area contributed by atoms with Crippen LogP contribution >= 0.6 is 0 Å². The van der Waals surface area contributed by atoms with Crippen LogP contribution in [0.4, 0.5) is 23.5 Å². The number of hydrogen-bond donors (Lipinski definition) is 4. The zero-order valence-corrected chi connectivity index (χ0v) is 22.3. The Morgan fingerprint density at radius 1 is 0.718 bits per heavy atom. The molecule has 0 radical (unpaired) electrons. The number of benzene rings is 3. The molecule has 11 nitrogen and oxygen atoms in total. The Kier molecular flexibility index (Phi) is 10.5. The molecule has 0 aliphatic rings. The van der Waals surface area contributed by atoms with Gasteiger partial charge in [0.25, 0.3) is 0 Å². The van der Waals surface area contributed by atoms with Crippen molar-refractivity contribution in [3.05, 3.63) is 66.2 Å². The van der Waals surface area contributed by atoms with E-state index in [0.29, 0.717) is 75.4 Å². The van der Waals surface area contributed by atoms with Crippen molar-refractivity contribution in [2.75, 3.05) is 69.7 Å². The molecule has 1 heterocycles. The van der Waals surface area contributed by atoms with E-state index in [2.05, 4.69) is 55.2 Å². The third kappa shape index (κ3) is 8.14. The van der Waals surface area contributed by atoms with E-state index in [9.17, 15) is 0 Å². The lowest BCUT2D eigenvalue weighted by atomic mass is 10.1. The first-order valence-corrected chi connectivity index (χ1v) is 12.7. The summed E-state index contributed by atoms with van der Waals surface area (Å²) in [4.78, 5) is 13.7. The Morgan fingerprint density at radius 2 is 1.46 bits per heavy atom. The van der Waals surface area contributed by atoms with E-state index in [1.807, 2.05) is 36.4 Å².